The summed E-state index contributed by atoms with van der Waals surface area (Å²) in [6, 6.07) is 36.7. The maximum Gasteiger partial charge on any atom is 0.242 e. The molecule has 1 aliphatic heterocycles. The van der Waals surface area contributed by atoms with E-state index >= 15 is 0 Å². The van der Waals surface area contributed by atoms with Crippen LogP contribution in [0.2, 0.25) is 0 Å². The van der Waals surface area contributed by atoms with Crippen LogP contribution in [0.4, 0.5) is 5.69 Å². The number of para-hydroxylation sites is 2. The Morgan fingerprint density at radius 2 is 1.61 bits per heavy atom. The number of nitrogens with one attached hydrogen (secondary N) is 1. The van der Waals surface area contributed by atoms with Crippen molar-refractivity contribution in [2.75, 3.05) is 19.0 Å². The lowest BCUT2D eigenvalue weighted by Gasteiger charge is -2.15. The minimum Gasteiger partial charge on any atom is -0.497 e. The van der Waals surface area contributed by atoms with Gasteiger partial charge in [0.2, 0.25) is 11.8 Å². The second-order valence-electron chi connectivity index (χ2n) is 10.5. The van der Waals surface area contributed by atoms with Crippen LogP contribution >= 0.6 is 11.8 Å². The summed E-state index contributed by atoms with van der Waals surface area (Å²) in [4.78, 5) is 28.1. The van der Waals surface area contributed by atoms with E-state index in [4.69, 9.17) is 9.84 Å². The van der Waals surface area contributed by atoms with E-state index in [2.05, 4.69) is 15.5 Å². The standard InChI is InChI=1S/C36H32N6O3S/c1-45-31-19-17-27(18-20-31)34-28(25-42(40-34)30-15-9-4-10-16-30)24-37-39-36-41(22-21-26-11-5-2-6-12-26)35(44)32(46-36)23-33(43)38-29-13-7-3-8-14-29/h2-20,24-25,32H,21-23H2,1H3,(H,38,43)/b37-24+,39-36-. The summed E-state index contributed by atoms with van der Waals surface area (Å²) in [5.74, 6) is 0.356. The molecule has 10 heteroatoms. The molecule has 1 aliphatic rings. The molecule has 0 radical (unpaired) electrons. The summed E-state index contributed by atoms with van der Waals surface area (Å²) in [5, 5.41) is 16.5. The van der Waals surface area contributed by atoms with Crippen LogP contribution in [0.15, 0.2) is 132 Å². The molecule has 5 aromatic rings. The van der Waals surface area contributed by atoms with Crippen LogP contribution in [0, 0.1) is 0 Å². The smallest absolute Gasteiger partial charge is 0.242 e. The van der Waals surface area contributed by atoms with Crippen molar-refractivity contribution in [3.63, 3.8) is 0 Å². The van der Waals surface area contributed by atoms with Gasteiger partial charge in [0.05, 0.1) is 19.0 Å². The highest BCUT2D eigenvalue weighted by Crippen LogP contribution is 2.31. The predicted molar refractivity (Wildman–Crippen MR) is 184 cm³/mol. The van der Waals surface area contributed by atoms with Crippen LogP contribution in [0.25, 0.3) is 16.9 Å². The summed E-state index contributed by atoms with van der Waals surface area (Å²) < 4.78 is 7.13. The van der Waals surface area contributed by atoms with Gasteiger partial charge < -0.3 is 10.1 Å². The highest BCUT2D eigenvalue weighted by molar-refractivity contribution is 8.15. The monoisotopic (exact) mass is 628 g/mol. The lowest BCUT2D eigenvalue weighted by molar-refractivity contribution is -0.128. The van der Waals surface area contributed by atoms with Gasteiger partial charge in [-0.1, -0.05) is 78.5 Å². The largest absolute Gasteiger partial charge is 0.497 e. The minimum absolute atomic E-state index is 0.0223. The van der Waals surface area contributed by atoms with Crippen LogP contribution in [0.3, 0.4) is 0 Å². The van der Waals surface area contributed by atoms with Gasteiger partial charge in [-0.2, -0.15) is 10.2 Å². The Bertz CT molecular complexity index is 1840. The molecule has 230 valence electrons. The fourth-order valence-corrected chi connectivity index (χ4v) is 6.14. The summed E-state index contributed by atoms with van der Waals surface area (Å²) in [6.07, 6.45) is 4.21. The molecule has 0 saturated carbocycles. The zero-order valence-electron chi connectivity index (χ0n) is 25.2. The number of anilines is 1. The van der Waals surface area contributed by atoms with Crippen LogP contribution in [0.5, 0.6) is 5.75 Å². The Morgan fingerprint density at radius 1 is 0.935 bits per heavy atom. The Balaban J connectivity index is 1.26. The second kappa shape index (κ2) is 14.5. The summed E-state index contributed by atoms with van der Waals surface area (Å²) in [5.41, 5.74) is 5.06. The molecule has 4 aromatic carbocycles. The Morgan fingerprint density at radius 3 is 2.30 bits per heavy atom. The SMILES string of the molecule is COc1ccc(-c2nn(-c3ccccc3)cc2/C=N/N=C2\SC(CC(=O)Nc3ccccc3)C(=O)N2CCc2ccccc2)cc1. The third-order valence-electron chi connectivity index (χ3n) is 7.38. The van der Waals surface area contributed by atoms with E-state index in [-0.39, 0.29) is 18.2 Å². The van der Waals surface area contributed by atoms with E-state index in [1.165, 1.54) is 11.8 Å². The number of methoxy groups -OCH3 is 1. The van der Waals surface area contributed by atoms with E-state index < -0.39 is 5.25 Å². The first kappa shape index (κ1) is 30.5. The molecule has 1 N–H and O–H groups in total. The van der Waals surface area contributed by atoms with Gasteiger partial charge in [-0.3, -0.25) is 14.5 Å². The van der Waals surface area contributed by atoms with Gasteiger partial charge in [-0.25, -0.2) is 4.68 Å². The van der Waals surface area contributed by atoms with Crippen molar-refractivity contribution in [1.29, 1.82) is 0 Å². The number of hydrogen-bond donors (Lipinski definition) is 1. The van der Waals surface area contributed by atoms with Crippen molar-refractivity contribution in [3.8, 4) is 22.7 Å². The number of carbonyl (C=O) groups excluding carboxylic acids is 2. The van der Waals surface area contributed by atoms with Crippen molar-refractivity contribution in [1.82, 2.24) is 14.7 Å². The first-order valence-electron chi connectivity index (χ1n) is 14.8. The molecular weight excluding hydrogens is 597 g/mol. The number of nitrogens with zero attached hydrogens (tertiary/aromatic N) is 5. The third kappa shape index (κ3) is 7.41. The first-order chi connectivity index (χ1) is 22.6. The zero-order valence-corrected chi connectivity index (χ0v) is 26.0. The quantitative estimate of drug-likeness (QED) is 0.134. The molecule has 1 atom stereocenters. The lowest BCUT2D eigenvalue weighted by atomic mass is 10.1. The Hall–Kier alpha value is -5.48. The molecule has 1 unspecified atom stereocenters. The molecule has 2 amide bonds. The number of amides is 2. The molecule has 1 fully saturated rings. The normalized spacial score (nSPS) is 15.5. The van der Waals surface area contributed by atoms with Gasteiger partial charge in [-0.05, 0) is 60.5 Å². The fraction of sp³-hybridized carbons (Fsp3) is 0.139. The number of hydrogen-bond acceptors (Lipinski definition) is 7. The minimum atomic E-state index is -0.607. The van der Waals surface area contributed by atoms with Crippen molar-refractivity contribution in [2.24, 2.45) is 10.2 Å². The van der Waals surface area contributed by atoms with Crippen molar-refractivity contribution in [2.45, 2.75) is 18.1 Å². The van der Waals surface area contributed by atoms with Crippen molar-refractivity contribution >= 4 is 40.6 Å². The van der Waals surface area contributed by atoms with Crippen LogP contribution in [0.1, 0.15) is 17.5 Å². The average molecular weight is 629 g/mol. The number of carbonyl (C=O) groups is 2. The molecular formula is C36H32N6O3S. The van der Waals surface area contributed by atoms with Crippen molar-refractivity contribution in [3.05, 3.63) is 133 Å². The fourth-order valence-electron chi connectivity index (χ4n) is 5.02. The molecule has 0 aliphatic carbocycles. The topological polar surface area (TPSA) is 101 Å². The van der Waals surface area contributed by atoms with E-state index in [1.807, 2.05) is 121 Å². The van der Waals surface area contributed by atoms with Gasteiger partial charge in [0.25, 0.3) is 0 Å². The van der Waals surface area contributed by atoms with Gasteiger partial charge in [0.1, 0.15) is 16.7 Å². The first-order valence-corrected chi connectivity index (χ1v) is 15.7. The number of ether oxygens (including phenoxy) is 1. The number of amidine groups is 1. The van der Waals surface area contributed by atoms with Gasteiger partial charge in [0.15, 0.2) is 5.17 Å². The van der Waals surface area contributed by atoms with Gasteiger partial charge in [0, 0.05) is 36.0 Å². The summed E-state index contributed by atoms with van der Waals surface area (Å²) in [7, 11) is 1.63. The van der Waals surface area contributed by atoms with Crippen LogP contribution in [-0.4, -0.2) is 56.8 Å². The summed E-state index contributed by atoms with van der Waals surface area (Å²) >= 11 is 1.26. The van der Waals surface area contributed by atoms with E-state index in [0.29, 0.717) is 23.8 Å². The van der Waals surface area contributed by atoms with Crippen LogP contribution in [-0.2, 0) is 16.0 Å². The average Bonchev–Trinajstić information content (AvgIpc) is 3.65. The molecule has 46 heavy (non-hydrogen) atoms. The molecule has 6 rings (SSSR count). The number of benzene rings is 4. The molecule has 0 spiro atoms. The van der Waals surface area contributed by atoms with Crippen molar-refractivity contribution < 1.29 is 14.3 Å². The molecule has 9 nitrogen and oxygen atoms in total. The van der Waals surface area contributed by atoms with E-state index in [1.54, 1.807) is 22.9 Å². The van der Waals surface area contributed by atoms with E-state index in [9.17, 15) is 9.59 Å². The maximum atomic E-state index is 13.6. The number of thioether (sulfide) groups is 1. The van der Waals surface area contributed by atoms with Gasteiger partial charge >= 0.3 is 0 Å². The maximum absolute atomic E-state index is 13.6. The molecule has 1 aromatic heterocycles. The zero-order chi connectivity index (χ0) is 31.7. The number of aromatic nitrogens is 2. The summed E-state index contributed by atoms with van der Waals surface area (Å²) in [6.45, 7) is 0.421. The second-order valence-corrected chi connectivity index (χ2v) is 11.7. The molecule has 2 heterocycles. The Kier molecular flexibility index (Phi) is 9.65. The predicted octanol–water partition coefficient (Wildman–Crippen LogP) is 6.45. The molecule has 0 bridgehead atoms. The van der Waals surface area contributed by atoms with E-state index in [0.717, 1.165) is 33.8 Å². The Labute approximate surface area is 271 Å². The van der Waals surface area contributed by atoms with Crippen LogP contribution < -0.4 is 10.1 Å². The van der Waals surface area contributed by atoms with Gasteiger partial charge in [-0.15, -0.1) is 5.10 Å². The lowest BCUT2D eigenvalue weighted by Crippen LogP contribution is -2.35. The molecule has 1 saturated heterocycles. The number of rotatable bonds is 11. The third-order valence-corrected chi connectivity index (χ3v) is 8.55. The highest BCUT2D eigenvalue weighted by Gasteiger charge is 2.39. The highest BCUT2D eigenvalue weighted by atomic mass is 32.2.